The molecule has 0 unspecified atom stereocenters. The van der Waals surface area contributed by atoms with E-state index in [1.165, 1.54) is 21.8 Å². The summed E-state index contributed by atoms with van der Waals surface area (Å²) in [6.45, 7) is 0. The normalized spacial score (nSPS) is 11.9. The van der Waals surface area contributed by atoms with E-state index in [9.17, 15) is 5.26 Å². The zero-order valence-electron chi connectivity index (χ0n) is 21.8. The van der Waals surface area contributed by atoms with E-state index in [1.807, 2.05) is 24.3 Å². The van der Waals surface area contributed by atoms with Crippen molar-refractivity contribution < 1.29 is 8.83 Å². The Morgan fingerprint density at radius 1 is 0.512 bits per heavy atom. The first-order valence-electron chi connectivity index (χ1n) is 13.6. The molecule has 0 amide bonds. The monoisotopic (exact) mass is 524 g/mol. The van der Waals surface area contributed by atoms with E-state index in [0.717, 1.165) is 60.7 Å². The molecule has 41 heavy (non-hydrogen) atoms. The molecular formula is C37H20N2O2. The summed E-state index contributed by atoms with van der Waals surface area (Å²) in [7, 11) is 0. The fourth-order valence-corrected chi connectivity index (χ4v) is 6.47. The van der Waals surface area contributed by atoms with E-state index in [0.29, 0.717) is 5.56 Å². The molecule has 0 N–H and O–H groups in total. The number of nitrogens with zero attached hydrogens (tertiary/aromatic N) is 2. The number of benzene rings is 6. The molecule has 4 heteroatoms. The van der Waals surface area contributed by atoms with Gasteiger partial charge in [0.15, 0.2) is 0 Å². The molecule has 0 atom stereocenters. The number of para-hydroxylation sites is 3. The summed E-state index contributed by atoms with van der Waals surface area (Å²) < 4.78 is 14.9. The van der Waals surface area contributed by atoms with Crippen LogP contribution in [0.25, 0.3) is 82.5 Å². The van der Waals surface area contributed by atoms with Crippen molar-refractivity contribution in [1.82, 2.24) is 4.57 Å². The Labute approximate surface area is 233 Å². The Morgan fingerprint density at radius 2 is 1.07 bits per heavy atom. The Kier molecular flexibility index (Phi) is 4.37. The van der Waals surface area contributed by atoms with Crippen molar-refractivity contribution in [3.8, 4) is 22.9 Å². The molecule has 0 aliphatic carbocycles. The molecule has 0 saturated heterocycles. The van der Waals surface area contributed by atoms with Crippen LogP contribution in [0.4, 0.5) is 0 Å². The van der Waals surface area contributed by atoms with Crippen LogP contribution in [-0.2, 0) is 0 Å². The first-order chi connectivity index (χ1) is 20.3. The van der Waals surface area contributed by atoms with E-state index >= 15 is 0 Å². The third-order valence-corrected chi connectivity index (χ3v) is 8.23. The van der Waals surface area contributed by atoms with Gasteiger partial charge in [0.25, 0.3) is 0 Å². The van der Waals surface area contributed by atoms with E-state index in [1.54, 1.807) is 6.07 Å². The van der Waals surface area contributed by atoms with Crippen LogP contribution >= 0.6 is 0 Å². The quantitative estimate of drug-likeness (QED) is 0.226. The third kappa shape index (κ3) is 3.03. The molecule has 0 fully saturated rings. The lowest BCUT2D eigenvalue weighted by molar-refractivity contribution is 0.663. The minimum absolute atomic E-state index is 0.603. The average Bonchev–Trinajstić information content (AvgIpc) is 3.69. The summed E-state index contributed by atoms with van der Waals surface area (Å²) in [6.07, 6.45) is 0. The molecule has 190 valence electrons. The molecule has 9 aromatic rings. The van der Waals surface area contributed by atoms with Crippen molar-refractivity contribution in [2.45, 2.75) is 0 Å². The van der Waals surface area contributed by atoms with Gasteiger partial charge in [-0.1, -0.05) is 60.7 Å². The molecule has 4 nitrogen and oxygen atoms in total. The van der Waals surface area contributed by atoms with Gasteiger partial charge in [-0.15, -0.1) is 0 Å². The van der Waals surface area contributed by atoms with Crippen molar-refractivity contribution in [3.63, 3.8) is 0 Å². The van der Waals surface area contributed by atoms with Gasteiger partial charge in [0, 0.05) is 37.9 Å². The summed E-state index contributed by atoms with van der Waals surface area (Å²) in [5, 5.41) is 15.9. The minimum atomic E-state index is 0.603. The van der Waals surface area contributed by atoms with Crippen molar-refractivity contribution in [2.24, 2.45) is 0 Å². The summed E-state index contributed by atoms with van der Waals surface area (Å²) >= 11 is 0. The maximum Gasteiger partial charge on any atom is 0.136 e. The second-order valence-electron chi connectivity index (χ2n) is 10.4. The topological polar surface area (TPSA) is 55.0 Å². The average molecular weight is 525 g/mol. The highest BCUT2D eigenvalue weighted by molar-refractivity contribution is 6.26. The Bertz CT molecular complexity index is 2500. The molecule has 0 spiro atoms. The minimum Gasteiger partial charge on any atom is -0.456 e. The Hall–Kier alpha value is -5.79. The van der Waals surface area contributed by atoms with Gasteiger partial charge in [0.1, 0.15) is 22.3 Å². The summed E-state index contributed by atoms with van der Waals surface area (Å²) in [5.74, 6) is 0. The van der Waals surface area contributed by atoms with Gasteiger partial charge >= 0.3 is 0 Å². The summed E-state index contributed by atoms with van der Waals surface area (Å²) in [6, 6.07) is 43.9. The van der Waals surface area contributed by atoms with Gasteiger partial charge in [0.05, 0.1) is 28.4 Å². The van der Waals surface area contributed by atoms with Crippen LogP contribution < -0.4 is 0 Å². The van der Waals surface area contributed by atoms with E-state index in [2.05, 4.69) is 102 Å². The Morgan fingerprint density at radius 3 is 1.76 bits per heavy atom. The maximum absolute atomic E-state index is 9.55. The number of nitriles is 1. The second-order valence-corrected chi connectivity index (χ2v) is 10.4. The molecular weight excluding hydrogens is 504 g/mol. The molecule has 3 aromatic heterocycles. The highest BCUT2D eigenvalue weighted by Gasteiger charge is 2.19. The first kappa shape index (κ1) is 22.1. The Balaban J connectivity index is 1.35. The second kappa shape index (κ2) is 8.11. The highest BCUT2D eigenvalue weighted by Crippen LogP contribution is 2.42. The smallest absolute Gasteiger partial charge is 0.136 e. The lowest BCUT2D eigenvalue weighted by atomic mass is 9.99. The number of fused-ring (bicyclic) bond motifs is 10. The van der Waals surface area contributed by atoms with Gasteiger partial charge in [-0.2, -0.15) is 5.26 Å². The maximum atomic E-state index is 9.55. The largest absolute Gasteiger partial charge is 0.456 e. The standard InChI is InChI=1S/C37H20N2O2/c38-21-22-13-15-32-27(19-22)36-34(40-32)17-18-35-37(36)28-20-23(14-16-33(28)41-35)24-7-1-4-10-29(24)39-30-11-5-2-8-25(30)26-9-3-6-12-31(26)39/h1-20H. The number of aromatic nitrogens is 1. The number of rotatable bonds is 2. The molecule has 0 aliphatic rings. The van der Waals surface area contributed by atoms with E-state index in [4.69, 9.17) is 8.83 Å². The zero-order valence-corrected chi connectivity index (χ0v) is 21.8. The highest BCUT2D eigenvalue weighted by atomic mass is 16.3. The molecule has 6 aromatic carbocycles. The fraction of sp³-hybridized carbons (Fsp3) is 0. The number of hydrogen-bond acceptors (Lipinski definition) is 3. The molecule has 0 aliphatic heterocycles. The lowest BCUT2D eigenvalue weighted by Gasteiger charge is -2.14. The predicted molar refractivity (Wildman–Crippen MR) is 165 cm³/mol. The number of hydrogen-bond donors (Lipinski definition) is 0. The lowest BCUT2D eigenvalue weighted by Crippen LogP contribution is -1.96. The van der Waals surface area contributed by atoms with Crippen molar-refractivity contribution in [1.29, 1.82) is 5.26 Å². The van der Waals surface area contributed by atoms with E-state index in [-0.39, 0.29) is 0 Å². The zero-order chi connectivity index (χ0) is 27.1. The van der Waals surface area contributed by atoms with Crippen LogP contribution in [0.2, 0.25) is 0 Å². The van der Waals surface area contributed by atoms with Crippen molar-refractivity contribution in [2.75, 3.05) is 0 Å². The van der Waals surface area contributed by atoms with Crippen LogP contribution in [0.5, 0.6) is 0 Å². The molecule has 3 heterocycles. The molecule has 0 radical (unpaired) electrons. The van der Waals surface area contributed by atoms with Gasteiger partial charge < -0.3 is 13.4 Å². The molecule has 0 saturated carbocycles. The number of furan rings is 2. The third-order valence-electron chi connectivity index (χ3n) is 8.23. The predicted octanol–water partition coefficient (Wildman–Crippen LogP) is 10.1. The van der Waals surface area contributed by atoms with Gasteiger partial charge in [-0.05, 0) is 66.2 Å². The van der Waals surface area contributed by atoms with Crippen molar-refractivity contribution >= 4 is 65.7 Å². The van der Waals surface area contributed by atoms with Crippen LogP contribution in [0, 0.1) is 11.3 Å². The van der Waals surface area contributed by atoms with Crippen molar-refractivity contribution in [3.05, 3.63) is 127 Å². The first-order valence-corrected chi connectivity index (χ1v) is 13.6. The van der Waals surface area contributed by atoms with E-state index < -0.39 is 0 Å². The SMILES string of the molecule is N#Cc1ccc2oc3ccc4oc5ccc(-c6ccccc6-n6c7ccccc7c7ccccc76)cc5c4c3c2c1. The van der Waals surface area contributed by atoms with Gasteiger partial charge in [-0.3, -0.25) is 0 Å². The van der Waals surface area contributed by atoms with Gasteiger partial charge in [0.2, 0.25) is 0 Å². The van der Waals surface area contributed by atoms with Crippen LogP contribution in [0.15, 0.2) is 130 Å². The van der Waals surface area contributed by atoms with Gasteiger partial charge in [-0.25, -0.2) is 0 Å². The molecule has 0 bridgehead atoms. The summed E-state index contributed by atoms with van der Waals surface area (Å²) in [4.78, 5) is 0. The molecule has 9 rings (SSSR count). The van der Waals surface area contributed by atoms with Crippen LogP contribution in [0.3, 0.4) is 0 Å². The summed E-state index contributed by atoms with van der Waals surface area (Å²) in [5.41, 5.74) is 9.45. The van der Waals surface area contributed by atoms with Crippen LogP contribution in [-0.4, -0.2) is 4.57 Å². The van der Waals surface area contributed by atoms with Crippen LogP contribution in [0.1, 0.15) is 5.56 Å². The fourth-order valence-electron chi connectivity index (χ4n) is 6.47.